The van der Waals surface area contributed by atoms with Crippen LogP contribution in [-0.4, -0.2) is 28.1 Å². The second-order valence-corrected chi connectivity index (χ2v) is 6.09. The molecular formula is C17H22N2O2. The first-order valence-electron chi connectivity index (χ1n) is 7.75. The Hall–Kier alpha value is -1.81. The molecule has 0 unspecified atom stereocenters. The van der Waals surface area contributed by atoms with Crippen LogP contribution in [0, 0.1) is 0 Å². The van der Waals surface area contributed by atoms with Crippen LogP contribution in [-0.2, 0) is 0 Å². The zero-order valence-electron chi connectivity index (χ0n) is 12.2. The average molecular weight is 286 g/mol. The fraction of sp³-hybridized carbons (Fsp3) is 0.471. The molecule has 0 saturated heterocycles. The number of aromatic nitrogens is 1. The van der Waals surface area contributed by atoms with Gasteiger partial charge < -0.3 is 15.4 Å². The molecule has 4 heteroatoms. The molecule has 0 bridgehead atoms. The van der Waals surface area contributed by atoms with E-state index < -0.39 is 5.60 Å². The first kappa shape index (κ1) is 14.1. The largest absolute Gasteiger partial charge is 0.388 e. The molecule has 1 saturated carbocycles. The Kier molecular flexibility index (Phi) is 3.97. The second kappa shape index (κ2) is 5.90. The van der Waals surface area contributed by atoms with Crippen LogP contribution in [0.4, 0.5) is 0 Å². The molecule has 112 valence electrons. The van der Waals surface area contributed by atoms with Gasteiger partial charge in [0.15, 0.2) is 0 Å². The number of nitrogens with one attached hydrogen (secondary N) is 2. The van der Waals surface area contributed by atoms with Gasteiger partial charge in [-0.05, 0) is 25.0 Å². The van der Waals surface area contributed by atoms with Crippen molar-refractivity contribution < 1.29 is 9.90 Å². The predicted octanol–water partition coefficient (Wildman–Crippen LogP) is 2.98. The summed E-state index contributed by atoms with van der Waals surface area (Å²) >= 11 is 0. The quantitative estimate of drug-likeness (QED) is 0.759. The lowest BCUT2D eigenvalue weighted by Crippen LogP contribution is -2.42. The molecule has 1 heterocycles. The van der Waals surface area contributed by atoms with E-state index in [2.05, 4.69) is 10.3 Å². The van der Waals surface area contributed by atoms with Crippen LogP contribution in [0.1, 0.15) is 49.0 Å². The topological polar surface area (TPSA) is 65.1 Å². The third-order valence-corrected chi connectivity index (χ3v) is 4.39. The summed E-state index contributed by atoms with van der Waals surface area (Å²) < 4.78 is 0. The number of fused-ring (bicyclic) bond motifs is 1. The number of rotatable bonds is 3. The van der Waals surface area contributed by atoms with Gasteiger partial charge >= 0.3 is 0 Å². The minimum Gasteiger partial charge on any atom is -0.388 e. The highest BCUT2D eigenvalue weighted by Gasteiger charge is 2.28. The standard InChI is InChI=1S/C17H22N2O2/c20-16(15-11-13-7-3-4-8-14(13)19-15)18-12-17(21)9-5-1-2-6-10-17/h3-4,7-8,11,19,21H,1-2,5-6,9-10,12H2,(H,18,20). The zero-order valence-corrected chi connectivity index (χ0v) is 12.2. The van der Waals surface area contributed by atoms with E-state index in [1.807, 2.05) is 30.3 Å². The molecule has 0 atom stereocenters. The maximum absolute atomic E-state index is 12.2. The Bertz CT molecular complexity index is 592. The number of H-pyrrole nitrogens is 1. The minimum absolute atomic E-state index is 0.149. The monoisotopic (exact) mass is 286 g/mol. The van der Waals surface area contributed by atoms with E-state index in [-0.39, 0.29) is 5.91 Å². The van der Waals surface area contributed by atoms with Crippen LogP contribution in [0.5, 0.6) is 0 Å². The van der Waals surface area contributed by atoms with E-state index in [9.17, 15) is 9.90 Å². The fourth-order valence-electron chi connectivity index (χ4n) is 3.10. The maximum Gasteiger partial charge on any atom is 0.267 e. The number of benzene rings is 1. The zero-order chi connectivity index (χ0) is 14.7. The van der Waals surface area contributed by atoms with Crippen molar-refractivity contribution in [2.75, 3.05) is 6.54 Å². The van der Waals surface area contributed by atoms with Crippen LogP contribution < -0.4 is 5.32 Å². The number of aliphatic hydroxyl groups is 1. The molecule has 1 aliphatic carbocycles. The van der Waals surface area contributed by atoms with Crippen molar-refractivity contribution in [1.29, 1.82) is 0 Å². The molecular weight excluding hydrogens is 264 g/mol. The molecule has 1 aromatic heterocycles. The molecule has 21 heavy (non-hydrogen) atoms. The van der Waals surface area contributed by atoms with Gasteiger partial charge in [0.2, 0.25) is 0 Å². The summed E-state index contributed by atoms with van der Waals surface area (Å²) in [6.45, 7) is 0.335. The van der Waals surface area contributed by atoms with E-state index in [4.69, 9.17) is 0 Å². The van der Waals surface area contributed by atoms with Gasteiger partial charge in [0.25, 0.3) is 5.91 Å². The van der Waals surface area contributed by atoms with Gasteiger partial charge in [0, 0.05) is 17.4 Å². The smallest absolute Gasteiger partial charge is 0.267 e. The van der Waals surface area contributed by atoms with Gasteiger partial charge in [-0.1, -0.05) is 43.9 Å². The van der Waals surface area contributed by atoms with Crippen molar-refractivity contribution in [3.63, 3.8) is 0 Å². The summed E-state index contributed by atoms with van der Waals surface area (Å²) in [5.74, 6) is -0.149. The molecule has 1 fully saturated rings. The van der Waals surface area contributed by atoms with Gasteiger partial charge in [-0.2, -0.15) is 0 Å². The summed E-state index contributed by atoms with van der Waals surface area (Å²) in [6.07, 6.45) is 5.99. The van der Waals surface area contributed by atoms with E-state index >= 15 is 0 Å². The summed E-state index contributed by atoms with van der Waals surface area (Å²) in [7, 11) is 0. The highest BCUT2D eigenvalue weighted by Crippen LogP contribution is 2.26. The highest BCUT2D eigenvalue weighted by molar-refractivity contribution is 5.97. The van der Waals surface area contributed by atoms with Gasteiger partial charge in [0.05, 0.1) is 5.60 Å². The summed E-state index contributed by atoms with van der Waals surface area (Å²) in [5.41, 5.74) is 0.766. The van der Waals surface area contributed by atoms with Gasteiger partial charge in [0.1, 0.15) is 5.69 Å². The van der Waals surface area contributed by atoms with E-state index in [0.29, 0.717) is 12.2 Å². The molecule has 0 radical (unpaired) electrons. The number of aromatic amines is 1. The molecule has 1 aromatic carbocycles. The van der Waals surface area contributed by atoms with Crippen molar-refractivity contribution in [3.05, 3.63) is 36.0 Å². The summed E-state index contributed by atoms with van der Waals surface area (Å²) in [6, 6.07) is 9.66. The number of hydrogen-bond donors (Lipinski definition) is 3. The van der Waals surface area contributed by atoms with Crippen molar-refractivity contribution >= 4 is 16.8 Å². The number of carbonyl (C=O) groups is 1. The molecule has 1 aliphatic rings. The summed E-state index contributed by atoms with van der Waals surface area (Å²) in [4.78, 5) is 15.3. The van der Waals surface area contributed by atoms with E-state index in [0.717, 1.165) is 36.6 Å². The lowest BCUT2D eigenvalue weighted by Gasteiger charge is -2.26. The molecule has 2 aromatic rings. The number of carbonyl (C=O) groups excluding carboxylic acids is 1. The highest BCUT2D eigenvalue weighted by atomic mass is 16.3. The lowest BCUT2D eigenvalue weighted by molar-refractivity contribution is 0.0246. The van der Waals surface area contributed by atoms with Crippen molar-refractivity contribution in [2.45, 2.75) is 44.1 Å². The lowest BCUT2D eigenvalue weighted by atomic mass is 9.94. The minimum atomic E-state index is -0.738. The maximum atomic E-state index is 12.2. The Morgan fingerprint density at radius 1 is 1.19 bits per heavy atom. The molecule has 3 rings (SSSR count). The number of hydrogen-bond acceptors (Lipinski definition) is 2. The van der Waals surface area contributed by atoms with Crippen molar-refractivity contribution in [1.82, 2.24) is 10.3 Å². The van der Waals surface area contributed by atoms with E-state index in [1.54, 1.807) is 0 Å². The van der Waals surface area contributed by atoms with Crippen molar-refractivity contribution in [3.8, 4) is 0 Å². The molecule has 0 aliphatic heterocycles. The van der Waals surface area contributed by atoms with Crippen LogP contribution >= 0.6 is 0 Å². The van der Waals surface area contributed by atoms with Crippen LogP contribution in [0.15, 0.2) is 30.3 Å². The van der Waals surface area contributed by atoms with Gasteiger partial charge in [-0.15, -0.1) is 0 Å². The Labute approximate surface area is 124 Å². The second-order valence-electron chi connectivity index (χ2n) is 6.09. The number of para-hydroxylation sites is 1. The third kappa shape index (κ3) is 3.27. The SMILES string of the molecule is O=C(NCC1(O)CCCCCC1)c1cc2ccccc2[nH]1. The van der Waals surface area contributed by atoms with Crippen LogP contribution in [0.25, 0.3) is 10.9 Å². The Morgan fingerprint density at radius 2 is 1.90 bits per heavy atom. The first-order valence-corrected chi connectivity index (χ1v) is 7.75. The Morgan fingerprint density at radius 3 is 2.62 bits per heavy atom. The molecule has 3 N–H and O–H groups in total. The van der Waals surface area contributed by atoms with Crippen molar-refractivity contribution in [2.24, 2.45) is 0 Å². The average Bonchev–Trinajstić information content (AvgIpc) is 2.81. The molecule has 4 nitrogen and oxygen atoms in total. The first-order chi connectivity index (χ1) is 10.2. The predicted molar refractivity (Wildman–Crippen MR) is 83.3 cm³/mol. The molecule has 1 amide bonds. The van der Waals surface area contributed by atoms with Gasteiger partial charge in [-0.25, -0.2) is 0 Å². The number of amides is 1. The van der Waals surface area contributed by atoms with Crippen LogP contribution in [0.2, 0.25) is 0 Å². The van der Waals surface area contributed by atoms with Gasteiger partial charge in [-0.3, -0.25) is 4.79 Å². The fourth-order valence-corrected chi connectivity index (χ4v) is 3.10. The third-order valence-electron chi connectivity index (χ3n) is 4.39. The van der Waals surface area contributed by atoms with E-state index in [1.165, 1.54) is 12.8 Å². The summed E-state index contributed by atoms with van der Waals surface area (Å²) in [5, 5.41) is 14.5. The molecule has 0 spiro atoms. The normalized spacial score (nSPS) is 18.3. The van der Waals surface area contributed by atoms with Crippen LogP contribution in [0.3, 0.4) is 0 Å². The Balaban J connectivity index is 1.65.